The Bertz CT molecular complexity index is 971. The predicted molar refractivity (Wildman–Crippen MR) is 116 cm³/mol. The second-order valence-electron chi connectivity index (χ2n) is 6.55. The molecule has 0 atom stereocenters. The Kier molecular flexibility index (Phi) is 7.00. The summed E-state index contributed by atoms with van der Waals surface area (Å²) in [6.07, 6.45) is 1.95. The quantitative estimate of drug-likeness (QED) is 0.510. The van der Waals surface area contributed by atoms with Crippen LogP contribution in [0.4, 0.5) is 11.4 Å². The van der Waals surface area contributed by atoms with E-state index < -0.39 is 0 Å². The van der Waals surface area contributed by atoms with E-state index in [9.17, 15) is 9.59 Å². The van der Waals surface area contributed by atoms with Crippen molar-refractivity contribution in [3.05, 3.63) is 90.0 Å². The van der Waals surface area contributed by atoms with Gasteiger partial charge < -0.3 is 15.4 Å². The molecule has 0 aliphatic heterocycles. The van der Waals surface area contributed by atoms with Crippen LogP contribution in [0, 0.1) is 0 Å². The smallest absolute Gasteiger partial charge is 0.259 e. The van der Waals surface area contributed by atoms with E-state index in [1.807, 2.05) is 24.3 Å². The van der Waals surface area contributed by atoms with Crippen molar-refractivity contribution in [3.63, 3.8) is 0 Å². The number of para-hydroxylation sites is 1. The van der Waals surface area contributed by atoms with Crippen molar-refractivity contribution in [2.24, 2.45) is 0 Å². The van der Waals surface area contributed by atoms with E-state index in [0.717, 1.165) is 12.8 Å². The molecule has 0 spiro atoms. The van der Waals surface area contributed by atoms with Crippen molar-refractivity contribution in [1.82, 2.24) is 0 Å². The summed E-state index contributed by atoms with van der Waals surface area (Å²) in [7, 11) is 0. The van der Waals surface area contributed by atoms with Gasteiger partial charge >= 0.3 is 0 Å². The standard InChI is InChI=1S/C24H24N2O3/c1-2-3-16-29-22-15-8-7-14-21(22)24(28)26-20-13-9-12-19(17-20)25-23(27)18-10-5-4-6-11-18/h4-15,17H,2-3,16H2,1H3,(H,25,27)(H,26,28). The fourth-order valence-electron chi connectivity index (χ4n) is 2.77. The Morgan fingerprint density at radius 2 is 1.45 bits per heavy atom. The van der Waals surface area contributed by atoms with Gasteiger partial charge in [-0.25, -0.2) is 0 Å². The van der Waals surface area contributed by atoms with Gasteiger partial charge in [-0.15, -0.1) is 0 Å². The highest BCUT2D eigenvalue weighted by Gasteiger charge is 2.13. The lowest BCUT2D eigenvalue weighted by atomic mass is 10.1. The Hall–Kier alpha value is -3.60. The van der Waals surface area contributed by atoms with Gasteiger partial charge in [0.1, 0.15) is 5.75 Å². The summed E-state index contributed by atoms with van der Waals surface area (Å²) in [5, 5.41) is 5.71. The number of rotatable bonds is 8. The van der Waals surface area contributed by atoms with Gasteiger partial charge in [0.25, 0.3) is 11.8 Å². The van der Waals surface area contributed by atoms with Crippen LogP contribution in [0.2, 0.25) is 0 Å². The number of carbonyl (C=O) groups is 2. The second-order valence-corrected chi connectivity index (χ2v) is 6.55. The van der Waals surface area contributed by atoms with Gasteiger partial charge in [-0.2, -0.15) is 0 Å². The van der Waals surface area contributed by atoms with Gasteiger partial charge in [-0.05, 0) is 48.9 Å². The number of nitrogens with one attached hydrogen (secondary N) is 2. The number of amides is 2. The highest BCUT2D eigenvalue weighted by atomic mass is 16.5. The van der Waals surface area contributed by atoms with Crippen molar-refractivity contribution >= 4 is 23.2 Å². The van der Waals surface area contributed by atoms with Gasteiger partial charge in [-0.3, -0.25) is 9.59 Å². The van der Waals surface area contributed by atoms with E-state index in [1.54, 1.807) is 54.6 Å². The number of carbonyl (C=O) groups excluding carboxylic acids is 2. The molecule has 2 amide bonds. The van der Waals surface area contributed by atoms with Crippen LogP contribution in [0.15, 0.2) is 78.9 Å². The largest absolute Gasteiger partial charge is 0.493 e. The van der Waals surface area contributed by atoms with Gasteiger partial charge in [0.15, 0.2) is 0 Å². The molecule has 0 aromatic heterocycles. The first-order valence-electron chi connectivity index (χ1n) is 9.67. The zero-order valence-corrected chi connectivity index (χ0v) is 16.4. The summed E-state index contributed by atoms with van der Waals surface area (Å²) in [5.74, 6) is 0.0966. The van der Waals surface area contributed by atoms with Crippen LogP contribution in [0.25, 0.3) is 0 Å². The van der Waals surface area contributed by atoms with Crippen LogP contribution in [-0.2, 0) is 0 Å². The molecule has 0 bridgehead atoms. The van der Waals surface area contributed by atoms with Gasteiger partial charge in [0.05, 0.1) is 12.2 Å². The second kappa shape index (κ2) is 10.1. The molecule has 3 aromatic rings. The van der Waals surface area contributed by atoms with E-state index in [0.29, 0.717) is 34.9 Å². The van der Waals surface area contributed by atoms with Crippen molar-refractivity contribution < 1.29 is 14.3 Å². The van der Waals surface area contributed by atoms with Crippen molar-refractivity contribution in [2.75, 3.05) is 17.2 Å². The Balaban J connectivity index is 1.69. The molecule has 2 N–H and O–H groups in total. The summed E-state index contributed by atoms with van der Waals surface area (Å²) < 4.78 is 5.74. The first kappa shape index (κ1) is 20.1. The molecular weight excluding hydrogens is 364 g/mol. The van der Waals surface area contributed by atoms with E-state index in [1.165, 1.54) is 0 Å². The van der Waals surface area contributed by atoms with E-state index in [4.69, 9.17) is 4.74 Å². The molecule has 3 rings (SSSR count). The van der Waals surface area contributed by atoms with Crippen molar-refractivity contribution in [3.8, 4) is 5.75 Å². The summed E-state index contributed by atoms with van der Waals surface area (Å²) >= 11 is 0. The topological polar surface area (TPSA) is 67.4 Å². The summed E-state index contributed by atoms with van der Waals surface area (Å²) in [6, 6.07) is 23.2. The number of benzene rings is 3. The molecule has 0 aliphatic carbocycles. The Morgan fingerprint density at radius 3 is 2.17 bits per heavy atom. The molecule has 3 aromatic carbocycles. The molecule has 0 heterocycles. The Labute approximate surface area is 170 Å². The van der Waals surface area contributed by atoms with Crippen LogP contribution in [-0.4, -0.2) is 18.4 Å². The molecule has 5 heteroatoms. The lowest BCUT2D eigenvalue weighted by Gasteiger charge is -2.12. The number of unbranched alkanes of at least 4 members (excludes halogenated alkanes) is 1. The first-order valence-corrected chi connectivity index (χ1v) is 9.67. The Morgan fingerprint density at radius 1 is 0.793 bits per heavy atom. The van der Waals surface area contributed by atoms with E-state index >= 15 is 0 Å². The molecule has 0 fully saturated rings. The number of anilines is 2. The fraction of sp³-hybridized carbons (Fsp3) is 0.167. The summed E-state index contributed by atoms with van der Waals surface area (Å²) in [5.41, 5.74) is 2.23. The minimum absolute atomic E-state index is 0.205. The molecule has 148 valence electrons. The SMILES string of the molecule is CCCCOc1ccccc1C(=O)Nc1cccc(NC(=O)c2ccccc2)c1. The average Bonchev–Trinajstić information content (AvgIpc) is 2.75. The maximum atomic E-state index is 12.7. The van der Waals surface area contributed by atoms with Crippen LogP contribution < -0.4 is 15.4 Å². The molecule has 0 unspecified atom stereocenters. The zero-order valence-electron chi connectivity index (χ0n) is 16.4. The molecule has 0 aliphatic rings. The third kappa shape index (κ3) is 5.69. The van der Waals surface area contributed by atoms with E-state index in [2.05, 4.69) is 17.6 Å². The first-order chi connectivity index (χ1) is 14.2. The predicted octanol–water partition coefficient (Wildman–Crippen LogP) is 5.37. The van der Waals surface area contributed by atoms with Crippen LogP contribution >= 0.6 is 0 Å². The lowest BCUT2D eigenvalue weighted by Crippen LogP contribution is -2.15. The van der Waals surface area contributed by atoms with Crippen molar-refractivity contribution in [2.45, 2.75) is 19.8 Å². The highest BCUT2D eigenvalue weighted by molar-refractivity contribution is 6.07. The minimum Gasteiger partial charge on any atom is -0.493 e. The molecule has 0 saturated carbocycles. The number of ether oxygens (including phenoxy) is 1. The summed E-state index contributed by atoms with van der Waals surface area (Å²) in [4.78, 5) is 25.1. The molecule has 5 nitrogen and oxygen atoms in total. The maximum Gasteiger partial charge on any atom is 0.259 e. The molecule has 0 saturated heterocycles. The maximum absolute atomic E-state index is 12.7. The van der Waals surface area contributed by atoms with Gasteiger partial charge in [0, 0.05) is 16.9 Å². The van der Waals surface area contributed by atoms with Crippen LogP contribution in [0.1, 0.15) is 40.5 Å². The normalized spacial score (nSPS) is 10.2. The third-order valence-electron chi connectivity index (χ3n) is 4.30. The zero-order chi connectivity index (χ0) is 20.5. The van der Waals surface area contributed by atoms with Gasteiger partial charge in [0.2, 0.25) is 0 Å². The lowest BCUT2D eigenvalue weighted by molar-refractivity contribution is 0.101. The molecule has 29 heavy (non-hydrogen) atoms. The molecular formula is C24H24N2O3. The molecule has 0 radical (unpaired) electrons. The fourth-order valence-corrected chi connectivity index (χ4v) is 2.77. The van der Waals surface area contributed by atoms with Crippen molar-refractivity contribution in [1.29, 1.82) is 0 Å². The summed E-state index contributed by atoms with van der Waals surface area (Å²) in [6.45, 7) is 2.66. The van der Waals surface area contributed by atoms with E-state index in [-0.39, 0.29) is 11.8 Å². The monoisotopic (exact) mass is 388 g/mol. The minimum atomic E-state index is -0.261. The number of hydrogen-bond donors (Lipinski definition) is 2. The van der Waals surface area contributed by atoms with Crippen LogP contribution in [0.5, 0.6) is 5.75 Å². The van der Waals surface area contributed by atoms with Crippen LogP contribution in [0.3, 0.4) is 0 Å². The highest BCUT2D eigenvalue weighted by Crippen LogP contribution is 2.22. The number of hydrogen-bond acceptors (Lipinski definition) is 3. The average molecular weight is 388 g/mol. The van der Waals surface area contributed by atoms with Gasteiger partial charge in [-0.1, -0.05) is 49.7 Å². The third-order valence-corrected chi connectivity index (χ3v) is 4.30.